The highest BCUT2D eigenvalue weighted by molar-refractivity contribution is 5.81. The largest absolute Gasteiger partial charge is 0.455 e. The zero-order chi connectivity index (χ0) is 22.1. The summed E-state index contributed by atoms with van der Waals surface area (Å²) in [6.07, 6.45) is 2.91. The van der Waals surface area contributed by atoms with E-state index in [2.05, 4.69) is 29.6 Å². The Labute approximate surface area is 183 Å². The van der Waals surface area contributed by atoms with E-state index < -0.39 is 12.0 Å². The van der Waals surface area contributed by atoms with Crippen molar-refractivity contribution in [3.05, 3.63) is 71.8 Å². The Hall–Kier alpha value is -3.15. The average Bonchev–Trinajstić information content (AvgIpc) is 2.78. The molecule has 1 aliphatic rings. The van der Waals surface area contributed by atoms with Gasteiger partial charge in [0.2, 0.25) is 5.91 Å². The molecule has 2 aromatic rings. The molecule has 0 saturated carbocycles. The van der Waals surface area contributed by atoms with Crippen molar-refractivity contribution < 1.29 is 19.1 Å². The number of esters is 1. The van der Waals surface area contributed by atoms with Crippen LogP contribution in [0.2, 0.25) is 0 Å². The van der Waals surface area contributed by atoms with E-state index in [9.17, 15) is 14.4 Å². The van der Waals surface area contributed by atoms with Crippen molar-refractivity contribution in [2.75, 3.05) is 19.7 Å². The van der Waals surface area contributed by atoms with Gasteiger partial charge < -0.3 is 15.0 Å². The third-order valence-corrected chi connectivity index (χ3v) is 5.64. The highest BCUT2D eigenvalue weighted by atomic mass is 16.5. The number of rotatable bonds is 8. The van der Waals surface area contributed by atoms with E-state index in [4.69, 9.17) is 4.74 Å². The lowest BCUT2D eigenvalue weighted by atomic mass is 9.90. The average molecular weight is 423 g/mol. The number of amides is 2. The molecular formula is C25H30N2O4. The lowest BCUT2D eigenvalue weighted by molar-refractivity contribution is -0.153. The Morgan fingerprint density at radius 2 is 1.61 bits per heavy atom. The molecule has 164 valence electrons. The summed E-state index contributed by atoms with van der Waals surface area (Å²) in [4.78, 5) is 38.1. The molecule has 2 amide bonds. The van der Waals surface area contributed by atoms with Gasteiger partial charge in [0.1, 0.15) is 0 Å². The van der Waals surface area contributed by atoms with Gasteiger partial charge >= 0.3 is 5.97 Å². The maximum atomic E-state index is 12.5. The van der Waals surface area contributed by atoms with Gasteiger partial charge in [-0.05, 0) is 36.3 Å². The lowest BCUT2D eigenvalue weighted by Crippen LogP contribution is -2.41. The Kier molecular flexibility index (Phi) is 8.21. The minimum atomic E-state index is -0.505. The quantitative estimate of drug-likeness (QED) is 0.663. The van der Waals surface area contributed by atoms with Crippen LogP contribution in [0.3, 0.4) is 0 Å². The van der Waals surface area contributed by atoms with Gasteiger partial charge in [-0.25, -0.2) is 0 Å². The third kappa shape index (κ3) is 7.24. The Bertz CT molecular complexity index is 862. The van der Waals surface area contributed by atoms with Crippen molar-refractivity contribution in [3.63, 3.8) is 0 Å². The topological polar surface area (TPSA) is 75.7 Å². The second kappa shape index (κ2) is 11.3. The van der Waals surface area contributed by atoms with Gasteiger partial charge in [-0.2, -0.15) is 0 Å². The van der Waals surface area contributed by atoms with Gasteiger partial charge in [0.15, 0.2) is 6.61 Å². The SMILES string of the molecule is CC(=O)N[C@@H](CC(=O)OCC(=O)N1CCC(Cc2ccccc2)CC1)c1ccccc1. The highest BCUT2D eigenvalue weighted by Crippen LogP contribution is 2.22. The van der Waals surface area contributed by atoms with Crippen LogP contribution in [0, 0.1) is 5.92 Å². The minimum Gasteiger partial charge on any atom is -0.455 e. The molecule has 31 heavy (non-hydrogen) atoms. The Balaban J connectivity index is 1.42. The number of nitrogens with one attached hydrogen (secondary N) is 1. The smallest absolute Gasteiger partial charge is 0.308 e. The molecule has 1 atom stereocenters. The fraction of sp³-hybridized carbons (Fsp3) is 0.400. The zero-order valence-corrected chi connectivity index (χ0v) is 18.0. The van der Waals surface area contributed by atoms with Gasteiger partial charge in [-0.1, -0.05) is 60.7 Å². The molecule has 1 saturated heterocycles. The number of carbonyl (C=O) groups is 3. The van der Waals surface area contributed by atoms with Crippen LogP contribution in [-0.4, -0.2) is 42.4 Å². The summed E-state index contributed by atoms with van der Waals surface area (Å²) in [5.41, 5.74) is 2.15. The number of carbonyl (C=O) groups excluding carboxylic acids is 3. The second-order valence-electron chi connectivity index (χ2n) is 8.04. The molecule has 1 N–H and O–H groups in total. The molecule has 6 heteroatoms. The molecule has 0 spiro atoms. The van der Waals surface area contributed by atoms with E-state index >= 15 is 0 Å². The first-order valence-electron chi connectivity index (χ1n) is 10.8. The summed E-state index contributed by atoms with van der Waals surface area (Å²) in [5, 5.41) is 2.77. The van der Waals surface area contributed by atoms with Crippen LogP contribution in [0.25, 0.3) is 0 Å². The van der Waals surface area contributed by atoms with E-state index in [0.717, 1.165) is 24.8 Å². The van der Waals surface area contributed by atoms with Crippen LogP contribution in [0.5, 0.6) is 0 Å². The molecule has 0 radical (unpaired) electrons. The fourth-order valence-electron chi connectivity index (χ4n) is 3.98. The van der Waals surface area contributed by atoms with Gasteiger partial charge in [-0.3, -0.25) is 14.4 Å². The molecule has 2 aromatic carbocycles. The van der Waals surface area contributed by atoms with Crippen molar-refractivity contribution in [1.82, 2.24) is 10.2 Å². The summed E-state index contributed by atoms with van der Waals surface area (Å²) < 4.78 is 5.23. The summed E-state index contributed by atoms with van der Waals surface area (Å²) in [6.45, 7) is 2.52. The van der Waals surface area contributed by atoms with Crippen LogP contribution in [0.1, 0.15) is 43.4 Å². The van der Waals surface area contributed by atoms with E-state index in [1.165, 1.54) is 12.5 Å². The predicted octanol–water partition coefficient (Wildman–Crippen LogP) is 3.28. The molecule has 0 unspecified atom stereocenters. The molecule has 0 aromatic heterocycles. The summed E-state index contributed by atoms with van der Waals surface area (Å²) in [5.74, 6) is -0.327. The number of likely N-dealkylation sites (tertiary alicyclic amines) is 1. The zero-order valence-electron chi connectivity index (χ0n) is 18.0. The van der Waals surface area contributed by atoms with Crippen molar-refractivity contribution in [2.45, 2.75) is 38.6 Å². The van der Waals surface area contributed by atoms with E-state index in [1.54, 1.807) is 4.90 Å². The van der Waals surface area contributed by atoms with Crippen LogP contribution < -0.4 is 5.32 Å². The number of hydrogen-bond acceptors (Lipinski definition) is 4. The van der Waals surface area contributed by atoms with Crippen molar-refractivity contribution in [1.29, 1.82) is 0 Å². The standard InChI is InChI=1S/C25H30N2O4/c1-19(28)26-23(22-10-6-3-7-11-22)17-25(30)31-18-24(29)27-14-12-21(13-15-27)16-20-8-4-2-5-9-20/h2-11,21,23H,12-18H2,1H3,(H,26,28)/t23-/m0/s1. The summed E-state index contributed by atoms with van der Waals surface area (Å²) in [6, 6.07) is 19.2. The van der Waals surface area contributed by atoms with Gasteiger partial charge in [0.25, 0.3) is 5.91 Å². The first-order valence-corrected chi connectivity index (χ1v) is 10.8. The third-order valence-electron chi connectivity index (χ3n) is 5.64. The molecule has 0 aliphatic carbocycles. The number of nitrogens with zero attached hydrogens (tertiary/aromatic N) is 1. The molecule has 3 rings (SSSR count). The monoisotopic (exact) mass is 422 g/mol. The number of piperidine rings is 1. The molecule has 0 bridgehead atoms. The van der Waals surface area contributed by atoms with E-state index in [0.29, 0.717) is 19.0 Å². The highest BCUT2D eigenvalue weighted by Gasteiger charge is 2.24. The molecule has 1 heterocycles. The Morgan fingerprint density at radius 3 is 2.23 bits per heavy atom. The van der Waals surface area contributed by atoms with Crippen molar-refractivity contribution in [2.24, 2.45) is 5.92 Å². The summed E-state index contributed by atoms with van der Waals surface area (Å²) in [7, 11) is 0. The maximum absolute atomic E-state index is 12.5. The van der Waals surface area contributed by atoms with Crippen LogP contribution in [0.15, 0.2) is 60.7 Å². The van der Waals surface area contributed by atoms with Gasteiger partial charge in [0.05, 0.1) is 12.5 Å². The number of hydrogen-bond donors (Lipinski definition) is 1. The van der Waals surface area contributed by atoms with Crippen molar-refractivity contribution >= 4 is 17.8 Å². The normalized spacial score (nSPS) is 15.2. The first kappa shape index (κ1) is 22.5. The molecule has 6 nitrogen and oxygen atoms in total. The van der Waals surface area contributed by atoms with Crippen molar-refractivity contribution in [3.8, 4) is 0 Å². The maximum Gasteiger partial charge on any atom is 0.308 e. The molecule has 1 aliphatic heterocycles. The van der Waals surface area contributed by atoms with Gasteiger partial charge in [-0.15, -0.1) is 0 Å². The van der Waals surface area contributed by atoms with Crippen LogP contribution in [0.4, 0.5) is 0 Å². The second-order valence-corrected chi connectivity index (χ2v) is 8.04. The molecular weight excluding hydrogens is 392 g/mol. The minimum absolute atomic E-state index is 0.0178. The Morgan fingerprint density at radius 1 is 1.00 bits per heavy atom. The van der Waals surface area contributed by atoms with Crippen LogP contribution >= 0.6 is 0 Å². The molecule has 1 fully saturated rings. The number of ether oxygens (including phenoxy) is 1. The first-order chi connectivity index (χ1) is 15.0. The van der Waals surface area contributed by atoms with E-state index in [1.807, 2.05) is 36.4 Å². The predicted molar refractivity (Wildman–Crippen MR) is 118 cm³/mol. The fourth-order valence-corrected chi connectivity index (χ4v) is 3.98. The van der Waals surface area contributed by atoms with E-state index in [-0.39, 0.29) is 24.8 Å². The van der Waals surface area contributed by atoms with Gasteiger partial charge in [0, 0.05) is 20.0 Å². The van der Waals surface area contributed by atoms with Crippen LogP contribution in [-0.2, 0) is 25.5 Å². The lowest BCUT2D eigenvalue weighted by Gasteiger charge is -2.32. The summed E-state index contributed by atoms with van der Waals surface area (Å²) >= 11 is 0. The number of benzene rings is 2.